The van der Waals surface area contributed by atoms with Crippen molar-refractivity contribution in [3.8, 4) is 0 Å². The monoisotopic (exact) mass is 356 g/mol. The van der Waals surface area contributed by atoms with E-state index in [-0.39, 0.29) is 5.82 Å². The molecule has 0 bridgehead atoms. The van der Waals surface area contributed by atoms with Crippen molar-refractivity contribution in [2.75, 3.05) is 0 Å². The number of fused-ring (bicyclic) bond motifs is 1. The molecule has 0 spiro atoms. The number of imidazole rings is 1. The standard InChI is InChI=1S/C15H18BrFN2S/c1-15(5-3-2-4-6-15)9-19-13-7-10(16)11(17)8-12(13)18-14(19)20/h7-8H,2-6,9H2,1H3,(H,18,20). The van der Waals surface area contributed by atoms with E-state index < -0.39 is 0 Å². The van der Waals surface area contributed by atoms with E-state index in [1.54, 1.807) is 0 Å². The molecule has 0 atom stereocenters. The smallest absolute Gasteiger partial charge is 0.178 e. The zero-order valence-electron chi connectivity index (χ0n) is 11.5. The highest BCUT2D eigenvalue weighted by atomic mass is 79.9. The molecule has 0 aliphatic heterocycles. The lowest BCUT2D eigenvalue weighted by atomic mass is 9.75. The van der Waals surface area contributed by atoms with Crippen LogP contribution in [0.4, 0.5) is 4.39 Å². The summed E-state index contributed by atoms with van der Waals surface area (Å²) in [6, 6.07) is 3.33. The molecule has 0 amide bonds. The normalized spacial score (nSPS) is 18.6. The molecule has 1 aliphatic rings. The Morgan fingerprint density at radius 3 is 2.75 bits per heavy atom. The highest BCUT2D eigenvalue weighted by Gasteiger charge is 2.28. The van der Waals surface area contributed by atoms with E-state index >= 15 is 0 Å². The van der Waals surface area contributed by atoms with Crippen molar-refractivity contribution >= 4 is 39.2 Å². The van der Waals surface area contributed by atoms with E-state index in [9.17, 15) is 4.39 Å². The van der Waals surface area contributed by atoms with Gasteiger partial charge >= 0.3 is 0 Å². The van der Waals surface area contributed by atoms with Crippen molar-refractivity contribution in [3.05, 3.63) is 27.2 Å². The van der Waals surface area contributed by atoms with Gasteiger partial charge in [0.15, 0.2) is 4.77 Å². The van der Waals surface area contributed by atoms with Crippen LogP contribution in [0.5, 0.6) is 0 Å². The van der Waals surface area contributed by atoms with Gasteiger partial charge in [0.1, 0.15) is 5.82 Å². The number of nitrogens with zero attached hydrogens (tertiary/aromatic N) is 1. The van der Waals surface area contributed by atoms with Crippen LogP contribution in [0.2, 0.25) is 0 Å². The first-order chi connectivity index (χ1) is 9.48. The molecule has 3 rings (SSSR count). The molecular formula is C15H18BrFN2S. The summed E-state index contributed by atoms with van der Waals surface area (Å²) < 4.78 is 16.9. The Kier molecular flexibility index (Phi) is 3.75. The average molecular weight is 357 g/mol. The van der Waals surface area contributed by atoms with Crippen LogP contribution < -0.4 is 0 Å². The second kappa shape index (κ2) is 5.26. The maximum Gasteiger partial charge on any atom is 0.178 e. The molecule has 2 nitrogen and oxygen atoms in total. The van der Waals surface area contributed by atoms with Gasteiger partial charge < -0.3 is 9.55 Å². The Balaban J connectivity index is 2.04. The fraction of sp³-hybridized carbons (Fsp3) is 0.533. The van der Waals surface area contributed by atoms with Gasteiger partial charge in [0.2, 0.25) is 0 Å². The second-order valence-electron chi connectivity index (χ2n) is 6.17. The summed E-state index contributed by atoms with van der Waals surface area (Å²) in [7, 11) is 0. The molecule has 1 aromatic carbocycles. The van der Waals surface area contributed by atoms with Gasteiger partial charge in [-0.25, -0.2) is 4.39 Å². The molecule has 1 aliphatic carbocycles. The Labute approximate surface area is 131 Å². The van der Waals surface area contributed by atoms with Gasteiger partial charge in [0, 0.05) is 12.6 Å². The second-order valence-corrected chi connectivity index (χ2v) is 7.41. The lowest BCUT2D eigenvalue weighted by molar-refractivity contribution is 0.184. The van der Waals surface area contributed by atoms with E-state index in [2.05, 4.69) is 32.4 Å². The summed E-state index contributed by atoms with van der Waals surface area (Å²) in [6.07, 6.45) is 6.41. The van der Waals surface area contributed by atoms with E-state index in [1.165, 1.54) is 38.2 Å². The van der Waals surface area contributed by atoms with Gasteiger partial charge in [-0.2, -0.15) is 0 Å². The number of aromatic nitrogens is 2. The molecular weight excluding hydrogens is 339 g/mol. The minimum Gasteiger partial charge on any atom is -0.330 e. The molecule has 20 heavy (non-hydrogen) atoms. The number of hydrogen-bond acceptors (Lipinski definition) is 1. The van der Waals surface area contributed by atoms with E-state index in [4.69, 9.17) is 12.2 Å². The first-order valence-electron chi connectivity index (χ1n) is 7.06. The first-order valence-corrected chi connectivity index (χ1v) is 8.26. The number of halogens is 2. The molecule has 1 aromatic heterocycles. The van der Waals surface area contributed by atoms with Gasteiger partial charge in [-0.1, -0.05) is 26.2 Å². The summed E-state index contributed by atoms with van der Waals surface area (Å²) in [4.78, 5) is 3.12. The molecule has 0 radical (unpaired) electrons. The molecule has 1 fully saturated rings. The van der Waals surface area contributed by atoms with Crippen molar-refractivity contribution < 1.29 is 4.39 Å². The summed E-state index contributed by atoms with van der Waals surface area (Å²) in [5, 5.41) is 0. The minimum atomic E-state index is -0.259. The van der Waals surface area contributed by atoms with Crippen molar-refractivity contribution in [3.63, 3.8) is 0 Å². The topological polar surface area (TPSA) is 20.7 Å². The number of nitrogens with one attached hydrogen (secondary N) is 1. The quantitative estimate of drug-likeness (QED) is 0.697. The van der Waals surface area contributed by atoms with Crippen molar-refractivity contribution in [2.45, 2.75) is 45.6 Å². The lowest BCUT2D eigenvalue weighted by Gasteiger charge is -2.34. The van der Waals surface area contributed by atoms with Gasteiger partial charge in [-0.15, -0.1) is 0 Å². The van der Waals surface area contributed by atoms with Gasteiger partial charge in [-0.05, 0) is 52.5 Å². The van der Waals surface area contributed by atoms with Crippen LogP contribution >= 0.6 is 28.1 Å². The summed E-state index contributed by atoms with van der Waals surface area (Å²) in [5.41, 5.74) is 2.05. The number of hydrogen-bond donors (Lipinski definition) is 1. The van der Waals surface area contributed by atoms with Gasteiger partial charge in [0.25, 0.3) is 0 Å². The van der Waals surface area contributed by atoms with Crippen LogP contribution in [0.1, 0.15) is 39.0 Å². The molecule has 0 unspecified atom stereocenters. The zero-order valence-corrected chi connectivity index (χ0v) is 13.9. The SMILES string of the molecule is CC1(Cn2c(=S)[nH]c3cc(F)c(Br)cc32)CCCCC1. The zero-order chi connectivity index (χ0) is 14.3. The Morgan fingerprint density at radius 1 is 1.35 bits per heavy atom. The van der Waals surface area contributed by atoms with Crippen LogP contribution in [-0.4, -0.2) is 9.55 Å². The van der Waals surface area contributed by atoms with Crippen LogP contribution in [0.25, 0.3) is 11.0 Å². The van der Waals surface area contributed by atoms with Crippen molar-refractivity contribution in [2.24, 2.45) is 5.41 Å². The fourth-order valence-electron chi connectivity index (χ4n) is 3.25. The highest BCUT2D eigenvalue weighted by molar-refractivity contribution is 9.10. The third-order valence-electron chi connectivity index (χ3n) is 4.42. The van der Waals surface area contributed by atoms with Crippen molar-refractivity contribution in [1.82, 2.24) is 9.55 Å². The number of benzene rings is 1. The Morgan fingerprint density at radius 2 is 2.05 bits per heavy atom. The number of aromatic amines is 1. The number of rotatable bonds is 2. The van der Waals surface area contributed by atoms with E-state index in [0.717, 1.165) is 17.6 Å². The summed E-state index contributed by atoms with van der Waals surface area (Å²) in [5.74, 6) is -0.259. The van der Waals surface area contributed by atoms with Crippen molar-refractivity contribution in [1.29, 1.82) is 0 Å². The predicted octanol–water partition coefficient (Wildman–Crippen LogP) is 5.57. The van der Waals surface area contributed by atoms with Crippen LogP contribution in [0.3, 0.4) is 0 Å². The molecule has 0 saturated heterocycles. The lowest BCUT2D eigenvalue weighted by Crippen LogP contribution is -2.26. The first kappa shape index (κ1) is 14.3. The minimum absolute atomic E-state index is 0.259. The van der Waals surface area contributed by atoms with Gasteiger partial charge in [0.05, 0.1) is 15.5 Å². The maximum atomic E-state index is 13.6. The third kappa shape index (κ3) is 2.58. The molecule has 2 aromatic rings. The maximum absolute atomic E-state index is 13.6. The average Bonchev–Trinajstić information content (AvgIpc) is 2.67. The Bertz CT molecular complexity index is 698. The summed E-state index contributed by atoms with van der Waals surface area (Å²) in [6.45, 7) is 3.25. The Hall–Kier alpha value is -0.680. The summed E-state index contributed by atoms with van der Waals surface area (Å²) >= 11 is 8.69. The largest absolute Gasteiger partial charge is 0.330 e. The fourth-order valence-corrected chi connectivity index (χ4v) is 3.86. The molecule has 1 heterocycles. The van der Waals surface area contributed by atoms with E-state index in [1.807, 2.05) is 6.07 Å². The number of H-pyrrole nitrogens is 1. The molecule has 108 valence electrons. The van der Waals surface area contributed by atoms with Crippen LogP contribution in [0, 0.1) is 16.0 Å². The highest BCUT2D eigenvalue weighted by Crippen LogP contribution is 2.38. The molecule has 1 saturated carbocycles. The van der Waals surface area contributed by atoms with Crippen LogP contribution in [0.15, 0.2) is 16.6 Å². The van der Waals surface area contributed by atoms with E-state index in [0.29, 0.717) is 14.7 Å². The third-order valence-corrected chi connectivity index (χ3v) is 5.35. The molecule has 1 N–H and O–H groups in total. The van der Waals surface area contributed by atoms with Gasteiger partial charge in [-0.3, -0.25) is 0 Å². The molecule has 5 heteroatoms. The van der Waals surface area contributed by atoms with Crippen LogP contribution in [-0.2, 0) is 6.54 Å². The predicted molar refractivity (Wildman–Crippen MR) is 86.0 cm³/mol.